The molecule has 31 heavy (non-hydrogen) atoms. The van der Waals surface area contributed by atoms with Crippen molar-refractivity contribution in [1.82, 2.24) is 5.32 Å². The lowest BCUT2D eigenvalue weighted by Gasteiger charge is -2.23. The number of rotatable bonds is 4. The van der Waals surface area contributed by atoms with Crippen molar-refractivity contribution in [3.8, 4) is 5.75 Å². The number of aryl methyl sites for hydroxylation is 1. The van der Waals surface area contributed by atoms with Gasteiger partial charge in [-0.3, -0.25) is 10.1 Å². The first-order valence-corrected chi connectivity index (χ1v) is 10.7. The number of carbonyl (C=O) groups is 1. The van der Waals surface area contributed by atoms with Gasteiger partial charge in [-0.2, -0.15) is 13.2 Å². The lowest BCUT2D eigenvalue weighted by Crippen LogP contribution is -2.35. The van der Waals surface area contributed by atoms with E-state index in [-0.39, 0.29) is 16.4 Å². The van der Waals surface area contributed by atoms with Gasteiger partial charge in [-0.1, -0.05) is 15.9 Å². The van der Waals surface area contributed by atoms with Gasteiger partial charge in [0.15, 0.2) is 5.11 Å². The van der Waals surface area contributed by atoms with Crippen molar-refractivity contribution in [1.29, 1.82) is 0 Å². The molecule has 0 aromatic heterocycles. The largest absolute Gasteiger partial charge is 0.496 e. The number of nitrogens with one attached hydrogen (secondary N) is 2. The lowest BCUT2D eigenvalue weighted by molar-refractivity contribution is -0.137. The molecule has 1 heterocycles. The van der Waals surface area contributed by atoms with E-state index in [0.717, 1.165) is 43.6 Å². The van der Waals surface area contributed by atoms with Crippen LogP contribution in [0, 0.1) is 6.92 Å². The molecule has 2 N–H and O–H groups in total. The molecule has 0 aliphatic carbocycles. The van der Waals surface area contributed by atoms with E-state index in [1.807, 2.05) is 4.90 Å². The first-order valence-electron chi connectivity index (χ1n) is 9.53. The Bertz CT molecular complexity index is 1010. The van der Waals surface area contributed by atoms with Gasteiger partial charge in [0.05, 0.1) is 29.6 Å². The summed E-state index contributed by atoms with van der Waals surface area (Å²) in [5, 5.41) is 5.20. The second kappa shape index (κ2) is 9.44. The van der Waals surface area contributed by atoms with Crippen LogP contribution in [0.15, 0.2) is 34.8 Å². The molecule has 0 unspecified atom stereocenters. The number of nitrogens with zero attached hydrogens (tertiary/aromatic N) is 1. The molecule has 3 rings (SSSR count). The summed E-state index contributed by atoms with van der Waals surface area (Å²) in [5.41, 5.74) is 1.01. The minimum atomic E-state index is -4.49. The van der Waals surface area contributed by atoms with Crippen LogP contribution in [0.1, 0.15) is 34.3 Å². The van der Waals surface area contributed by atoms with E-state index < -0.39 is 17.6 Å². The van der Waals surface area contributed by atoms with Gasteiger partial charge in [0.1, 0.15) is 5.75 Å². The Balaban J connectivity index is 1.85. The van der Waals surface area contributed by atoms with E-state index >= 15 is 0 Å². The Morgan fingerprint density at radius 1 is 1.19 bits per heavy atom. The number of methoxy groups -OCH3 is 1. The van der Waals surface area contributed by atoms with Gasteiger partial charge in [0, 0.05) is 17.6 Å². The van der Waals surface area contributed by atoms with Gasteiger partial charge in [0.2, 0.25) is 0 Å². The first-order chi connectivity index (χ1) is 14.6. The fourth-order valence-corrected chi connectivity index (χ4v) is 4.31. The van der Waals surface area contributed by atoms with Crippen LogP contribution in [-0.4, -0.2) is 31.2 Å². The van der Waals surface area contributed by atoms with Crippen LogP contribution in [0.4, 0.5) is 24.5 Å². The Morgan fingerprint density at radius 2 is 1.87 bits per heavy atom. The second-order valence-electron chi connectivity index (χ2n) is 7.14. The Morgan fingerprint density at radius 3 is 2.48 bits per heavy atom. The van der Waals surface area contributed by atoms with Crippen LogP contribution >= 0.6 is 28.1 Å². The topological polar surface area (TPSA) is 53.6 Å². The number of anilines is 2. The molecule has 0 bridgehead atoms. The number of carbonyl (C=O) groups excluding carboxylic acids is 1. The van der Waals surface area contributed by atoms with Crippen molar-refractivity contribution in [3.63, 3.8) is 0 Å². The zero-order valence-corrected chi connectivity index (χ0v) is 19.3. The summed E-state index contributed by atoms with van der Waals surface area (Å²) in [7, 11) is 1.45. The number of amides is 1. The molecule has 5 nitrogen and oxygen atoms in total. The van der Waals surface area contributed by atoms with Crippen LogP contribution in [0.25, 0.3) is 0 Å². The van der Waals surface area contributed by atoms with Crippen molar-refractivity contribution in [3.05, 3.63) is 51.5 Å². The third kappa shape index (κ3) is 5.48. The normalized spacial score (nSPS) is 13.8. The average Bonchev–Trinajstić information content (AvgIpc) is 3.21. The second-order valence-corrected chi connectivity index (χ2v) is 8.46. The van der Waals surface area contributed by atoms with Gasteiger partial charge < -0.3 is 15.0 Å². The molecule has 1 aliphatic rings. The molecular weight excluding hydrogens is 495 g/mol. The minimum Gasteiger partial charge on any atom is -0.496 e. The Kier molecular flexibility index (Phi) is 7.10. The molecule has 1 saturated heterocycles. The SMILES string of the molecule is COc1c(C)cc(Br)cc1C(=O)NC(=S)Nc1cc(C(F)(F)F)ccc1N1CCCC1. The molecule has 10 heteroatoms. The summed E-state index contributed by atoms with van der Waals surface area (Å²) in [6, 6.07) is 6.88. The smallest absolute Gasteiger partial charge is 0.416 e. The molecule has 1 aliphatic heterocycles. The first kappa shape index (κ1) is 23.3. The molecule has 0 spiro atoms. The highest BCUT2D eigenvalue weighted by Crippen LogP contribution is 2.36. The average molecular weight is 516 g/mol. The Labute approximate surface area is 192 Å². The minimum absolute atomic E-state index is 0.107. The summed E-state index contributed by atoms with van der Waals surface area (Å²) in [5.74, 6) is -0.145. The van der Waals surface area contributed by atoms with Gasteiger partial charge in [-0.15, -0.1) is 0 Å². The number of ether oxygens (including phenoxy) is 1. The summed E-state index contributed by atoms with van der Waals surface area (Å²) in [4.78, 5) is 14.8. The predicted molar refractivity (Wildman–Crippen MR) is 122 cm³/mol. The zero-order valence-electron chi connectivity index (χ0n) is 16.9. The summed E-state index contributed by atoms with van der Waals surface area (Å²) >= 11 is 8.58. The lowest BCUT2D eigenvalue weighted by atomic mass is 10.1. The highest BCUT2D eigenvalue weighted by atomic mass is 79.9. The maximum atomic E-state index is 13.2. The third-order valence-electron chi connectivity index (χ3n) is 4.93. The molecule has 2 aromatic carbocycles. The van der Waals surface area contributed by atoms with E-state index in [1.54, 1.807) is 19.1 Å². The van der Waals surface area contributed by atoms with Crippen molar-refractivity contribution in [2.24, 2.45) is 0 Å². The standard InChI is InChI=1S/C21H21BrF3N3O2S/c1-12-9-14(22)11-15(18(12)30-2)19(29)27-20(31)26-16-10-13(21(23,24)25)5-6-17(16)28-7-3-4-8-28/h5-6,9-11H,3-4,7-8H2,1-2H3,(H2,26,27,29,31). The highest BCUT2D eigenvalue weighted by Gasteiger charge is 2.32. The van der Waals surface area contributed by atoms with Gasteiger partial charge >= 0.3 is 6.18 Å². The van der Waals surface area contributed by atoms with E-state index in [1.165, 1.54) is 13.2 Å². The molecule has 2 aromatic rings. The van der Waals surface area contributed by atoms with Crippen molar-refractivity contribution >= 4 is 50.5 Å². The van der Waals surface area contributed by atoms with E-state index in [9.17, 15) is 18.0 Å². The molecule has 0 saturated carbocycles. The van der Waals surface area contributed by atoms with Crippen LogP contribution in [0.5, 0.6) is 5.75 Å². The number of hydrogen-bond donors (Lipinski definition) is 2. The number of hydrogen-bond acceptors (Lipinski definition) is 4. The molecule has 0 atom stereocenters. The van der Waals surface area contributed by atoms with E-state index in [2.05, 4.69) is 26.6 Å². The predicted octanol–water partition coefficient (Wildman–Crippen LogP) is 5.51. The van der Waals surface area contributed by atoms with Crippen molar-refractivity contribution < 1.29 is 22.7 Å². The van der Waals surface area contributed by atoms with Gasteiger partial charge in [-0.25, -0.2) is 0 Å². The van der Waals surface area contributed by atoms with Crippen LogP contribution in [-0.2, 0) is 6.18 Å². The summed E-state index contributed by atoms with van der Waals surface area (Å²) < 4.78 is 45.7. The quantitative estimate of drug-likeness (QED) is 0.525. The highest BCUT2D eigenvalue weighted by molar-refractivity contribution is 9.10. The Hall–Kier alpha value is -2.33. The monoisotopic (exact) mass is 515 g/mol. The van der Waals surface area contributed by atoms with Gasteiger partial charge in [0.25, 0.3) is 5.91 Å². The number of halogens is 4. The van der Waals surface area contributed by atoms with Gasteiger partial charge in [-0.05, 0) is 67.9 Å². The number of benzene rings is 2. The van der Waals surface area contributed by atoms with Crippen molar-refractivity contribution in [2.75, 3.05) is 30.4 Å². The summed E-state index contributed by atoms with van der Waals surface area (Å²) in [6.45, 7) is 3.28. The maximum Gasteiger partial charge on any atom is 0.416 e. The number of thiocarbonyl (C=S) groups is 1. The maximum absolute atomic E-state index is 13.2. The van der Waals surface area contributed by atoms with Crippen molar-refractivity contribution in [2.45, 2.75) is 25.9 Å². The fraction of sp³-hybridized carbons (Fsp3) is 0.333. The summed E-state index contributed by atoms with van der Waals surface area (Å²) in [6.07, 6.45) is -2.57. The van der Waals surface area contributed by atoms with Crippen LogP contribution < -0.4 is 20.3 Å². The van der Waals surface area contributed by atoms with Crippen LogP contribution in [0.3, 0.4) is 0 Å². The van der Waals surface area contributed by atoms with Crippen LogP contribution in [0.2, 0.25) is 0 Å². The number of alkyl halides is 3. The molecule has 166 valence electrons. The third-order valence-corrected chi connectivity index (χ3v) is 5.60. The molecular formula is C21H21BrF3N3O2S. The fourth-order valence-electron chi connectivity index (χ4n) is 3.54. The van der Waals surface area contributed by atoms with E-state index in [4.69, 9.17) is 17.0 Å². The molecule has 1 fully saturated rings. The zero-order chi connectivity index (χ0) is 22.8. The molecule has 1 amide bonds. The van der Waals surface area contributed by atoms with E-state index in [0.29, 0.717) is 15.9 Å². The molecule has 0 radical (unpaired) electrons.